The summed E-state index contributed by atoms with van der Waals surface area (Å²) in [7, 11) is 1.89. The fraction of sp³-hybridized carbons (Fsp3) is 0.667. The Labute approximate surface area is 124 Å². The first-order valence-corrected chi connectivity index (χ1v) is 7.54. The zero-order chi connectivity index (χ0) is 15.2. The van der Waals surface area contributed by atoms with Crippen molar-refractivity contribution >= 4 is 11.8 Å². The van der Waals surface area contributed by atoms with Crippen LogP contribution in [0.4, 0.5) is 0 Å². The van der Waals surface area contributed by atoms with Gasteiger partial charge in [-0.2, -0.15) is 5.10 Å². The zero-order valence-electron chi connectivity index (χ0n) is 12.8. The van der Waals surface area contributed by atoms with Gasteiger partial charge in [0.2, 0.25) is 11.8 Å². The topological polar surface area (TPSA) is 67.2 Å². The molecule has 1 saturated carbocycles. The molecule has 114 valence electrons. The molecule has 2 atom stereocenters. The van der Waals surface area contributed by atoms with Crippen molar-refractivity contribution in [3.8, 4) is 0 Å². The predicted molar refractivity (Wildman–Crippen MR) is 77.4 cm³/mol. The summed E-state index contributed by atoms with van der Waals surface area (Å²) in [5.74, 6) is 0.300. The molecule has 0 aromatic carbocycles. The number of carbonyl (C=O) groups is 2. The van der Waals surface area contributed by atoms with E-state index in [4.69, 9.17) is 0 Å². The van der Waals surface area contributed by atoms with Crippen LogP contribution >= 0.6 is 0 Å². The van der Waals surface area contributed by atoms with Gasteiger partial charge in [-0.1, -0.05) is 0 Å². The number of aromatic nitrogens is 2. The smallest absolute Gasteiger partial charge is 0.246 e. The molecule has 2 heterocycles. The lowest BCUT2D eigenvalue weighted by molar-refractivity contribution is -0.157. The summed E-state index contributed by atoms with van der Waals surface area (Å²) in [5, 5.41) is 6.97. The molecule has 3 rings (SSSR count). The van der Waals surface area contributed by atoms with Crippen LogP contribution in [0.2, 0.25) is 0 Å². The first-order chi connectivity index (χ1) is 9.94. The monoisotopic (exact) mass is 290 g/mol. The van der Waals surface area contributed by atoms with Crippen molar-refractivity contribution in [1.82, 2.24) is 20.0 Å². The second-order valence-electron chi connectivity index (χ2n) is 6.30. The van der Waals surface area contributed by atoms with E-state index in [-0.39, 0.29) is 11.8 Å². The predicted octanol–water partition coefficient (Wildman–Crippen LogP) is 0.478. The Bertz CT molecular complexity index is 578. The highest BCUT2D eigenvalue weighted by Crippen LogP contribution is 2.44. The van der Waals surface area contributed by atoms with Gasteiger partial charge in [0.05, 0.1) is 0 Å². The molecular formula is C15H22N4O2. The molecular weight excluding hydrogens is 268 g/mol. The molecule has 2 amide bonds. The van der Waals surface area contributed by atoms with Crippen LogP contribution < -0.4 is 5.32 Å². The second kappa shape index (κ2) is 4.86. The van der Waals surface area contributed by atoms with Crippen LogP contribution in [0, 0.1) is 5.92 Å². The number of piperazine rings is 1. The average Bonchev–Trinajstić information content (AvgIpc) is 3.22. The van der Waals surface area contributed by atoms with E-state index in [1.165, 1.54) is 0 Å². The van der Waals surface area contributed by atoms with Crippen molar-refractivity contribution in [2.24, 2.45) is 13.0 Å². The third-order valence-electron chi connectivity index (χ3n) is 4.89. The Morgan fingerprint density at radius 1 is 1.43 bits per heavy atom. The van der Waals surface area contributed by atoms with Crippen molar-refractivity contribution in [1.29, 1.82) is 0 Å². The molecule has 21 heavy (non-hydrogen) atoms. The lowest BCUT2D eigenvalue weighted by atomic mass is 9.88. The summed E-state index contributed by atoms with van der Waals surface area (Å²) in [6, 6.07) is 1.52. The van der Waals surface area contributed by atoms with E-state index in [1.807, 2.05) is 24.7 Å². The average molecular weight is 290 g/mol. The summed E-state index contributed by atoms with van der Waals surface area (Å²) in [4.78, 5) is 26.8. The molecule has 2 fully saturated rings. The molecule has 6 nitrogen and oxygen atoms in total. The molecule has 6 heteroatoms. The van der Waals surface area contributed by atoms with Gasteiger partial charge in [0, 0.05) is 31.9 Å². The largest absolute Gasteiger partial charge is 0.343 e. The fourth-order valence-corrected chi connectivity index (χ4v) is 3.26. The summed E-state index contributed by atoms with van der Waals surface area (Å²) in [6.07, 6.45) is 4.51. The number of aryl methyl sites for hydroxylation is 1. The van der Waals surface area contributed by atoms with Gasteiger partial charge in [0.25, 0.3) is 0 Å². The maximum Gasteiger partial charge on any atom is 0.246 e. The van der Waals surface area contributed by atoms with Crippen molar-refractivity contribution in [3.63, 3.8) is 0 Å². The van der Waals surface area contributed by atoms with Crippen molar-refractivity contribution in [3.05, 3.63) is 18.0 Å². The molecule has 2 unspecified atom stereocenters. The quantitative estimate of drug-likeness (QED) is 0.877. The number of nitrogens with zero attached hydrogens (tertiary/aromatic N) is 3. The van der Waals surface area contributed by atoms with Crippen LogP contribution in [-0.4, -0.2) is 44.6 Å². The maximum atomic E-state index is 12.6. The van der Waals surface area contributed by atoms with Gasteiger partial charge in [0.15, 0.2) is 0 Å². The Morgan fingerprint density at radius 3 is 2.71 bits per heavy atom. The van der Waals surface area contributed by atoms with E-state index in [2.05, 4.69) is 10.4 Å². The number of hydrogen-bond donors (Lipinski definition) is 1. The third-order valence-corrected chi connectivity index (χ3v) is 4.89. The van der Waals surface area contributed by atoms with Crippen molar-refractivity contribution in [2.45, 2.75) is 44.7 Å². The molecule has 0 spiro atoms. The third kappa shape index (κ3) is 2.22. The van der Waals surface area contributed by atoms with Gasteiger partial charge in [-0.05, 0) is 38.7 Å². The highest BCUT2D eigenvalue weighted by atomic mass is 16.2. The first-order valence-electron chi connectivity index (χ1n) is 7.54. The Kier molecular flexibility index (Phi) is 3.26. The van der Waals surface area contributed by atoms with Gasteiger partial charge in [0.1, 0.15) is 11.6 Å². The SMILES string of the molecule is CC1NC(=O)C(C)(C2CC2)N(CCc2ccnn2C)C1=O. The lowest BCUT2D eigenvalue weighted by Crippen LogP contribution is -2.70. The molecule has 1 N–H and O–H groups in total. The van der Waals surface area contributed by atoms with Crippen molar-refractivity contribution in [2.75, 3.05) is 6.54 Å². The highest BCUT2D eigenvalue weighted by Gasteiger charge is 2.56. The molecule has 1 aliphatic heterocycles. The van der Waals surface area contributed by atoms with E-state index < -0.39 is 11.6 Å². The van der Waals surface area contributed by atoms with E-state index in [9.17, 15) is 9.59 Å². The summed E-state index contributed by atoms with van der Waals surface area (Å²) < 4.78 is 1.81. The molecule has 0 bridgehead atoms. The number of carbonyl (C=O) groups excluding carboxylic acids is 2. The second-order valence-corrected chi connectivity index (χ2v) is 6.30. The van der Waals surface area contributed by atoms with E-state index in [0.29, 0.717) is 18.9 Å². The number of amides is 2. The van der Waals surface area contributed by atoms with E-state index >= 15 is 0 Å². The molecule has 1 aromatic rings. The molecule has 1 saturated heterocycles. The maximum absolute atomic E-state index is 12.6. The highest BCUT2D eigenvalue weighted by molar-refractivity contribution is 5.99. The Hall–Kier alpha value is -1.85. The van der Waals surface area contributed by atoms with Gasteiger partial charge < -0.3 is 10.2 Å². The standard InChI is InChI=1S/C15H22N4O2/c1-10-13(20)19(9-7-12-6-8-16-18(12)3)15(2,11-4-5-11)14(21)17-10/h6,8,10-11H,4-5,7,9H2,1-3H3,(H,17,21). The number of hydrogen-bond acceptors (Lipinski definition) is 3. The number of rotatable bonds is 4. The minimum absolute atomic E-state index is 0.0119. The van der Waals surface area contributed by atoms with Crippen LogP contribution in [-0.2, 0) is 23.1 Å². The van der Waals surface area contributed by atoms with Gasteiger partial charge in [-0.25, -0.2) is 0 Å². The minimum Gasteiger partial charge on any atom is -0.343 e. The van der Waals surface area contributed by atoms with Gasteiger partial charge in [-0.15, -0.1) is 0 Å². The van der Waals surface area contributed by atoms with Crippen LogP contribution in [0.5, 0.6) is 0 Å². The minimum atomic E-state index is -0.692. The molecule has 2 aliphatic rings. The summed E-state index contributed by atoms with van der Waals surface area (Å²) in [6.45, 7) is 4.22. The first kappa shape index (κ1) is 14.1. The van der Waals surface area contributed by atoms with Crippen LogP contribution in [0.3, 0.4) is 0 Å². The number of nitrogens with one attached hydrogen (secondary N) is 1. The van der Waals surface area contributed by atoms with Gasteiger partial charge >= 0.3 is 0 Å². The molecule has 0 radical (unpaired) electrons. The lowest BCUT2D eigenvalue weighted by Gasteiger charge is -2.46. The zero-order valence-corrected chi connectivity index (χ0v) is 12.8. The van der Waals surface area contributed by atoms with Crippen LogP contribution in [0.1, 0.15) is 32.4 Å². The van der Waals surface area contributed by atoms with Gasteiger partial charge in [-0.3, -0.25) is 14.3 Å². The molecule has 1 aliphatic carbocycles. The van der Waals surface area contributed by atoms with E-state index in [0.717, 1.165) is 18.5 Å². The van der Waals surface area contributed by atoms with Crippen molar-refractivity contribution < 1.29 is 9.59 Å². The van der Waals surface area contributed by atoms with Crippen LogP contribution in [0.15, 0.2) is 12.3 Å². The van der Waals surface area contributed by atoms with Crippen LogP contribution in [0.25, 0.3) is 0 Å². The summed E-state index contributed by atoms with van der Waals surface area (Å²) in [5.41, 5.74) is 0.377. The van der Waals surface area contributed by atoms with E-state index in [1.54, 1.807) is 18.0 Å². The Morgan fingerprint density at radius 2 is 2.14 bits per heavy atom. The normalized spacial score (nSPS) is 29.7. The molecule has 1 aromatic heterocycles. The fourth-order valence-electron chi connectivity index (χ4n) is 3.26. The summed E-state index contributed by atoms with van der Waals surface area (Å²) >= 11 is 0. The Balaban J connectivity index is 1.82.